The fraction of sp³-hybridized carbons (Fsp3) is 0.310. The highest BCUT2D eigenvalue weighted by molar-refractivity contribution is 7.92. The first-order valence-corrected chi connectivity index (χ1v) is 13.9. The van der Waals surface area contributed by atoms with Crippen molar-refractivity contribution in [2.75, 3.05) is 17.4 Å². The number of benzene rings is 3. The highest BCUT2D eigenvalue weighted by Gasteiger charge is 2.32. The Labute approximate surface area is 224 Å². The van der Waals surface area contributed by atoms with Gasteiger partial charge in [-0.2, -0.15) is 0 Å². The number of nitrogens with zero attached hydrogens (tertiary/aromatic N) is 2. The van der Waals surface area contributed by atoms with Crippen LogP contribution in [0.5, 0.6) is 0 Å². The van der Waals surface area contributed by atoms with E-state index in [9.17, 15) is 22.4 Å². The predicted molar refractivity (Wildman–Crippen MR) is 146 cm³/mol. The zero-order valence-electron chi connectivity index (χ0n) is 22.1. The minimum absolute atomic E-state index is 0.119. The van der Waals surface area contributed by atoms with Gasteiger partial charge in [-0.3, -0.25) is 13.9 Å². The average molecular weight is 540 g/mol. The molecule has 0 aromatic heterocycles. The molecule has 202 valence electrons. The van der Waals surface area contributed by atoms with Gasteiger partial charge < -0.3 is 10.2 Å². The van der Waals surface area contributed by atoms with Gasteiger partial charge in [-0.15, -0.1) is 0 Å². The summed E-state index contributed by atoms with van der Waals surface area (Å²) in [6, 6.07) is 19.5. The van der Waals surface area contributed by atoms with Crippen molar-refractivity contribution in [3.05, 3.63) is 95.8 Å². The van der Waals surface area contributed by atoms with Crippen LogP contribution >= 0.6 is 0 Å². The lowest BCUT2D eigenvalue weighted by Gasteiger charge is -2.32. The van der Waals surface area contributed by atoms with E-state index in [2.05, 4.69) is 5.32 Å². The van der Waals surface area contributed by atoms with Crippen LogP contribution in [0, 0.1) is 18.7 Å². The number of carbonyl (C=O) groups is 2. The zero-order valence-corrected chi connectivity index (χ0v) is 22.9. The van der Waals surface area contributed by atoms with E-state index in [4.69, 9.17) is 0 Å². The van der Waals surface area contributed by atoms with Crippen LogP contribution in [0.2, 0.25) is 0 Å². The first-order chi connectivity index (χ1) is 18.0. The number of hydrogen-bond donors (Lipinski definition) is 1. The third kappa shape index (κ3) is 7.41. The van der Waals surface area contributed by atoms with Crippen molar-refractivity contribution in [3.63, 3.8) is 0 Å². The summed E-state index contributed by atoms with van der Waals surface area (Å²) in [4.78, 5) is 28.0. The number of anilines is 1. The standard InChI is InChI=1S/C29H34FN3O4S/c1-21(2)18-31-29(35)23(4)32(19-24-8-6-5-7-9-24)28(34)20-33(26-14-10-22(3)11-15-26)38(36,37)27-16-12-25(30)13-17-27/h5-17,21,23H,18-20H2,1-4H3,(H,31,35)/t23-/m1/s1. The van der Waals surface area contributed by atoms with Crippen molar-refractivity contribution in [1.29, 1.82) is 0 Å². The Balaban J connectivity index is 1.99. The van der Waals surface area contributed by atoms with E-state index in [1.165, 1.54) is 17.0 Å². The molecule has 7 nitrogen and oxygen atoms in total. The second-order valence-corrected chi connectivity index (χ2v) is 11.5. The molecule has 9 heteroatoms. The van der Waals surface area contributed by atoms with Gasteiger partial charge in [-0.1, -0.05) is 61.9 Å². The Morgan fingerprint density at radius 1 is 0.895 bits per heavy atom. The molecule has 0 radical (unpaired) electrons. The Hall–Kier alpha value is -3.72. The van der Waals surface area contributed by atoms with Crippen molar-refractivity contribution in [2.24, 2.45) is 5.92 Å². The molecule has 0 bridgehead atoms. The van der Waals surface area contributed by atoms with Gasteiger partial charge in [0.1, 0.15) is 18.4 Å². The molecule has 0 aliphatic heterocycles. The molecule has 3 rings (SSSR count). The van der Waals surface area contributed by atoms with Crippen LogP contribution in [0.3, 0.4) is 0 Å². The minimum Gasteiger partial charge on any atom is -0.354 e. The predicted octanol–water partition coefficient (Wildman–Crippen LogP) is 4.52. The third-order valence-electron chi connectivity index (χ3n) is 6.05. The van der Waals surface area contributed by atoms with E-state index < -0.39 is 34.3 Å². The summed E-state index contributed by atoms with van der Waals surface area (Å²) in [5, 5.41) is 2.86. The van der Waals surface area contributed by atoms with Crippen LogP contribution in [0.25, 0.3) is 0 Å². The molecule has 0 aliphatic rings. The van der Waals surface area contributed by atoms with E-state index in [0.29, 0.717) is 6.54 Å². The summed E-state index contributed by atoms with van der Waals surface area (Å²) in [7, 11) is -4.23. The Morgan fingerprint density at radius 3 is 2.08 bits per heavy atom. The molecule has 0 saturated heterocycles. The largest absolute Gasteiger partial charge is 0.354 e. The van der Waals surface area contributed by atoms with E-state index in [-0.39, 0.29) is 29.0 Å². The number of carbonyl (C=O) groups excluding carboxylic acids is 2. The monoisotopic (exact) mass is 539 g/mol. The quantitative estimate of drug-likeness (QED) is 0.388. The molecular formula is C29H34FN3O4S. The maximum Gasteiger partial charge on any atom is 0.264 e. The Kier molecular flexibility index (Phi) is 9.63. The normalized spacial score (nSPS) is 12.2. The first kappa shape index (κ1) is 28.8. The van der Waals surface area contributed by atoms with E-state index in [1.54, 1.807) is 31.2 Å². The Morgan fingerprint density at radius 2 is 1.50 bits per heavy atom. The molecule has 0 fully saturated rings. The molecule has 0 unspecified atom stereocenters. The molecule has 1 N–H and O–H groups in total. The molecule has 38 heavy (non-hydrogen) atoms. The third-order valence-corrected chi connectivity index (χ3v) is 7.84. The van der Waals surface area contributed by atoms with Crippen LogP contribution in [-0.4, -0.2) is 44.3 Å². The summed E-state index contributed by atoms with van der Waals surface area (Å²) >= 11 is 0. The lowest BCUT2D eigenvalue weighted by Crippen LogP contribution is -2.51. The lowest BCUT2D eigenvalue weighted by molar-refractivity contribution is -0.139. The molecule has 3 aromatic rings. The number of amides is 2. The highest BCUT2D eigenvalue weighted by atomic mass is 32.2. The molecule has 0 aliphatic carbocycles. The van der Waals surface area contributed by atoms with Gasteiger partial charge in [0.15, 0.2) is 0 Å². The molecule has 3 aromatic carbocycles. The number of nitrogens with one attached hydrogen (secondary N) is 1. The number of rotatable bonds is 11. The summed E-state index contributed by atoms with van der Waals surface area (Å²) in [6.07, 6.45) is 0. The van der Waals surface area contributed by atoms with Crippen LogP contribution in [0.4, 0.5) is 10.1 Å². The molecule has 2 amide bonds. The van der Waals surface area contributed by atoms with E-state index in [1.807, 2.05) is 51.1 Å². The van der Waals surface area contributed by atoms with Crippen LogP contribution < -0.4 is 9.62 Å². The zero-order chi connectivity index (χ0) is 27.9. The summed E-state index contributed by atoms with van der Waals surface area (Å²) in [6.45, 7) is 7.46. The van der Waals surface area contributed by atoms with Crippen LogP contribution in [0.15, 0.2) is 83.8 Å². The van der Waals surface area contributed by atoms with Gasteiger partial charge in [0.2, 0.25) is 11.8 Å². The molecular weight excluding hydrogens is 505 g/mol. The topological polar surface area (TPSA) is 86.8 Å². The lowest BCUT2D eigenvalue weighted by atomic mass is 10.1. The van der Waals surface area contributed by atoms with Crippen LogP contribution in [0.1, 0.15) is 31.9 Å². The van der Waals surface area contributed by atoms with Gasteiger partial charge in [-0.05, 0) is 61.7 Å². The minimum atomic E-state index is -4.23. The summed E-state index contributed by atoms with van der Waals surface area (Å²) in [5.74, 6) is -1.22. The second kappa shape index (κ2) is 12.7. The average Bonchev–Trinajstić information content (AvgIpc) is 2.89. The van der Waals surface area contributed by atoms with Crippen molar-refractivity contribution in [2.45, 2.75) is 45.2 Å². The number of hydrogen-bond acceptors (Lipinski definition) is 4. The van der Waals surface area contributed by atoms with Crippen molar-refractivity contribution < 1.29 is 22.4 Å². The number of sulfonamides is 1. The van der Waals surface area contributed by atoms with Crippen molar-refractivity contribution >= 4 is 27.5 Å². The second-order valence-electron chi connectivity index (χ2n) is 9.62. The van der Waals surface area contributed by atoms with Crippen LogP contribution in [-0.2, 0) is 26.2 Å². The maximum atomic E-state index is 13.8. The number of halogens is 1. The maximum absolute atomic E-state index is 13.8. The van der Waals surface area contributed by atoms with E-state index in [0.717, 1.165) is 27.6 Å². The fourth-order valence-electron chi connectivity index (χ4n) is 3.79. The first-order valence-electron chi connectivity index (χ1n) is 12.4. The smallest absolute Gasteiger partial charge is 0.264 e. The molecule has 0 saturated carbocycles. The number of aryl methyl sites for hydroxylation is 1. The molecule has 1 atom stereocenters. The van der Waals surface area contributed by atoms with Crippen molar-refractivity contribution in [1.82, 2.24) is 10.2 Å². The fourth-order valence-corrected chi connectivity index (χ4v) is 5.20. The highest BCUT2D eigenvalue weighted by Crippen LogP contribution is 2.25. The van der Waals surface area contributed by atoms with Crippen molar-refractivity contribution in [3.8, 4) is 0 Å². The molecule has 0 heterocycles. The van der Waals surface area contributed by atoms with Gasteiger partial charge in [-0.25, -0.2) is 12.8 Å². The van der Waals surface area contributed by atoms with Gasteiger partial charge in [0, 0.05) is 13.1 Å². The summed E-state index contributed by atoms with van der Waals surface area (Å²) in [5.41, 5.74) is 2.00. The molecule has 0 spiro atoms. The summed E-state index contributed by atoms with van der Waals surface area (Å²) < 4.78 is 41.9. The van der Waals surface area contributed by atoms with Gasteiger partial charge >= 0.3 is 0 Å². The van der Waals surface area contributed by atoms with Gasteiger partial charge in [0.25, 0.3) is 10.0 Å². The Bertz CT molecular complexity index is 1330. The van der Waals surface area contributed by atoms with Gasteiger partial charge in [0.05, 0.1) is 10.6 Å². The SMILES string of the molecule is Cc1ccc(N(CC(=O)N(Cc2ccccc2)[C@H](C)C(=O)NCC(C)C)S(=O)(=O)c2ccc(F)cc2)cc1. The van der Waals surface area contributed by atoms with E-state index >= 15 is 0 Å².